The first-order chi connectivity index (χ1) is 14.5. The number of carbonyl (C=O) groups excluding carboxylic acids is 1. The lowest BCUT2D eigenvalue weighted by Crippen LogP contribution is -2.44. The van der Waals surface area contributed by atoms with Gasteiger partial charge in [-0.25, -0.2) is 4.79 Å². The number of amides is 1. The Morgan fingerprint density at radius 2 is 1.33 bits per heavy atom. The first kappa shape index (κ1) is 28.4. The Labute approximate surface area is 185 Å². The molecule has 0 aromatic heterocycles. The molecule has 4 nitrogen and oxygen atoms in total. The van der Waals surface area contributed by atoms with E-state index in [1.807, 2.05) is 13.8 Å². The number of carboxylic acid groups (broad SMARTS) is 1. The fraction of sp³-hybridized carbons (Fsp3) is 0.769. The molecule has 0 spiro atoms. The first-order valence-corrected chi connectivity index (χ1v) is 12.3. The van der Waals surface area contributed by atoms with Crippen LogP contribution < -0.4 is 5.32 Å². The highest BCUT2D eigenvalue weighted by atomic mass is 16.4. The van der Waals surface area contributed by atoms with Crippen LogP contribution in [-0.4, -0.2) is 23.0 Å². The van der Waals surface area contributed by atoms with Gasteiger partial charge in [0.05, 0.1) is 0 Å². The van der Waals surface area contributed by atoms with Crippen LogP contribution >= 0.6 is 0 Å². The Balaban J connectivity index is 3.52. The van der Waals surface area contributed by atoms with E-state index in [-0.39, 0.29) is 11.8 Å². The number of aliphatic carboxylic acids is 1. The van der Waals surface area contributed by atoms with Crippen molar-refractivity contribution < 1.29 is 14.7 Å². The minimum Gasteiger partial charge on any atom is -0.480 e. The highest BCUT2D eigenvalue weighted by molar-refractivity contribution is 5.83. The maximum atomic E-state index is 12.0. The van der Waals surface area contributed by atoms with Crippen molar-refractivity contribution in [2.75, 3.05) is 0 Å². The van der Waals surface area contributed by atoms with Crippen LogP contribution in [0.2, 0.25) is 0 Å². The molecule has 2 atom stereocenters. The van der Waals surface area contributed by atoms with Crippen LogP contribution in [0, 0.1) is 5.92 Å². The molecule has 4 heteroatoms. The Morgan fingerprint density at radius 1 is 0.800 bits per heavy atom. The van der Waals surface area contributed by atoms with E-state index in [1.54, 1.807) is 0 Å². The second kappa shape index (κ2) is 20.7. The molecule has 0 heterocycles. The number of carboxylic acids is 1. The van der Waals surface area contributed by atoms with Crippen molar-refractivity contribution in [3.63, 3.8) is 0 Å². The first-order valence-electron chi connectivity index (χ1n) is 12.3. The van der Waals surface area contributed by atoms with E-state index in [9.17, 15) is 14.7 Å². The van der Waals surface area contributed by atoms with Crippen molar-refractivity contribution in [3.05, 3.63) is 24.3 Å². The van der Waals surface area contributed by atoms with Gasteiger partial charge in [0.1, 0.15) is 6.04 Å². The molecule has 0 bridgehead atoms. The van der Waals surface area contributed by atoms with Gasteiger partial charge in [-0.2, -0.15) is 0 Å². The molecule has 0 fully saturated rings. The van der Waals surface area contributed by atoms with E-state index < -0.39 is 12.0 Å². The number of rotatable bonds is 20. The molecule has 0 aromatic carbocycles. The zero-order valence-corrected chi connectivity index (χ0v) is 19.8. The predicted molar refractivity (Wildman–Crippen MR) is 128 cm³/mol. The molecular formula is C26H47NO3. The van der Waals surface area contributed by atoms with Crippen molar-refractivity contribution in [3.8, 4) is 0 Å². The van der Waals surface area contributed by atoms with Gasteiger partial charge in [0, 0.05) is 6.42 Å². The third-order valence-corrected chi connectivity index (χ3v) is 5.65. The molecule has 30 heavy (non-hydrogen) atoms. The number of nitrogens with one attached hydrogen (secondary N) is 1. The maximum absolute atomic E-state index is 12.0. The summed E-state index contributed by atoms with van der Waals surface area (Å²) >= 11 is 0. The van der Waals surface area contributed by atoms with Crippen LogP contribution in [0.4, 0.5) is 0 Å². The largest absolute Gasteiger partial charge is 0.480 e. The molecular weight excluding hydrogens is 374 g/mol. The molecule has 174 valence electrons. The topological polar surface area (TPSA) is 66.4 Å². The Bertz CT molecular complexity index is 485. The monoisotopic (exact) mass is 421 g/mol. The molecule has 0 rings (SSSR count). The molecule has 0 saturated heterocycles. The lowest BCUT2D eigenvalue weighted by atomic mass is 9.99. The molecule has 0 aromatic rings. The van der Waals surface area contributed by atoms with Gasteiger partial charge in [0.15, 0.2) is 0 Å². The van der Waals surface area contributed by atoms with Gasteiger partial charge in [0.25, 0.3) is 0 Å². The van der Waals surface area contributed by atoms with Crippen LogP contribution in [0.5, 0.6) is 0 Å². The normalized spacial score (nSPS) is 13.7. The second-order valence-electron chi connectivity index (χ2n) is 8.46. The van der Waals surface area contributed by atoms with Crippen LogP contribution in [0.1, 0.15) is 117 Å². The zero-order chi connectivity index (χ0) is 22.5. The number of hydrogen-bond donors (Lipinski definition) is 2. The van der Waals surface area contributed by atoms with Gasteiger partial charge >= 0.3 is 5.97 Å². The summed E-state index contributed by atoms with van der Waals surface area (Å²) in [4.78, 5) is 23.2. The summed E-state index contributed by atoms with van der Waals surface area (Å²) < 4.78 is 0. The summed E-state index contributed by atoms with van der Waals surface area (Å²) in [5.74, 6) is -1.12. The van der Waals surface area contributed by atoms with Crippen molar-refractivity contribution in [1.82, 2.24) is 5.32 Å². The summed E-state index contributed by atoms with van der Waals surface area (Å²) in [6.07, 6.45) is 25.7. The van der Waals surface area contributed by atoms with E-state index in [4.69, 9.17) is 0 Å². The lowest BCUT2D eigenvalue weighted by molar-refractivity contribution is -0.143. The number of hydrogen-bond acceptors (Lipinski definition) is 2. The van der Waals surface area contributed by atoms with Crippen LogP contribution in [0.3, 0.4) is 0 Å². The molecule has 2 N–H and O–H groups in total. The van der Waals surface area contributed by atoms with Crippen LogP contribution in [0.25, 0.3) is 0 Å². The Hall–Kier alpha value is -1.58. The third-order valence-electron chi connectivity index (χ3n) is 5.65. The summed E-state index contributed by atoms with van der Waals surface area (Å²) in [6.45, 7) is 6.04. The smallest absolute Gasteiger partial charge is 0.326 e. The highest BCUT2D eigenvalue weighted by Gasteiger charge is 2.24. The van der Waals surface area contributed by atoms with Crippen molar-refractivity contribution >= 4 is 11.9 Å². The SMILES string of the molecule is CCCCC/C=C\C/C=C\CCCCCCCCCC(=O)N[C@H](C(=O)O)[C@@H](C)CC. The number of allylic oxidation sites excluding steroid dienone is 4. The molecule has 1 amide bonds. The van der Waals surface area contributed by atoms with E-state index in [0.29, 0.717) is 6.42 Å². The van der Waals surface area contributed by atoms with Crippen molar-refractivity contribution in [2.24, 2.45) is 5.92 Å². The quantitative estimate of drug-likeness (QED) is 0.161. The van der Waals surface area contributed by atoms with Gasteiger partial charge in [-0.15, -0.1) is 0 Å². The lowest BCUT2D eigenvalue weighted by Gasteiger charge is -2.20. The van der Waals surface area contributed by atoms with Gasteiger partial charge in [0.2, 0.25) is 5.91 Å². The van der Waals surface area contributed by atoms with E-state index in [1.165, 1.54) is 57.8 Å². The third kappa shape index (κ3) is 17.3. The fourth-order valence-electron chi connectivity index (χ4n) is 3.38. The number of carbonyl (C=O) groups is 2. The molecule has 0 unspecified atom stereocenters. The van der Waals surface area contributed by atoms with Crippen molar-refractivity contribution in [2.45, 2.75) is 123 Å². The minimum atomic E-state index is -0.939. The van der Waals surface area contributed by atoms with Gasteiger partial charge < -0.3 is 10.4 Å². The maximum Gasteiger partial charge on any atom is 0.326 e. The van der Waals surface area contributed by atoms with Gasteiger partial charge in [-0.3, -0.25) is 4.79 Å². The van der Waals surface area contributed by atoms with Crippen molar-refractivity contribution in [1.29, 1.82) is 0 Å². The van der Waals surface area contributed by atoms with Gasteiger partial charge in [-0.1, -0.05) is 96.4 Å². The fourth-order valence-corrected chi connectivity index (χ4v) is 3.38. The average molecular weight is 422 g/mol. The van der Waals surface area contributed by atoms with Crippen LogP contribution in [0.15, 0.2) is 24.3 Å². The molecule has 0 aliphatic carbocycles. The van der Waals surface area contributed by atoms with Crippen LogP contribution in [-0.2, 0) is 9.59 Å². The van der Waals surface area contributed by atoms with E-state index in [2.05, 4.69) is 36.5 Å². The minimum absolute atomic E-state index is 0.0479. The van der Waals surface area contributed by atoms with Gasteiger partial charge in [-0.05, 0) is 44.4 Å². The Kier molecular flexibility index (Phi) is 19.6. The number of unbranched alkanes of at least 4 members (excludes halogenated alkanes) is 10. The summed E-state index contributed by atoms with van der Waals surface area (Å²) in [7, 11) is 0. The predicted octanol–water partition coefficient (Wildman–Crippen LogP) is 7.20. The molecule has 0 aliphatic rings. The zero-order valence-electron chi connectivity index (χ0n) is 19.8. The summed E-state index contributed by atoms with van der Waals surface area (Å²) in [5, 5.41) is 11.9. The standard InChI is InChI=1S/C26H47NO3/c1-4-6-7-8-9-10-11-12-13-14-15-16-17-18-19-20-21-22-24(28)27-25(26(29)30)23(3)5-2/h9-10,12-13,23,25H,4-8,11,14-22H2,1-3H3,(H,27,28)(H,29,30)/b10-9-,13-12-/t23-,25-/m0/s1. The molecule has 0 radical (unpaired) electrons. The summed E-state index contributed by atoms with van der Waals surface area (Å²) in [5.41, 5.74) is 0. The highest BCUT2D eigenvalue weighted by Crippen LogP contribution is 2.12. The van der Waals surface area contributed by atoms with E-state index >= 15 is 0 Å². The molecule has 0 aliphatic heterocycles. The second-order valence-corrected chi connectivity index (χ2v) is 8.46. The Morgan fingerprint density at radius 3 is 1.87 bits per heavy atom. The average Bonchev–Trinajstić information content (AvgIpc) is 2.73. The summed E-state index contributed by atoms with van der Waals surface area (Å²) in [6, 6.07) is -0.765. The molecule has 0 saturated carbocycles. The van der Waals surface area contributed by atoms with E-state index in [0.717, 1.165) is 32.1 Å².